The highest BCUT2D eigenvalue weighted by Gasteiger charge is 2.21. The molecule has 1 aliphatic carbocycles. The van der Waals surface area contributed by atoms with E-state index in [2.05, 4.69) is 19.2 Å². The van der Waals surface area contributed by atoms with Crippen molar-refractivity contribution in [3.05, 3.63) is 0 Å². The number of aliphatic hydroxyl groups is 1. The van der Waals surface area contributed by atoms with Crippen molar-refractivity contribution < 1.29 is 9.84 Å². The van der Waals surface area contributed by atoms with E-state index in [1.807, 2.05) is 0 Å². The maximum Gasteiger partial charge on any atom is 0.0897 e. The molecule has 0 radical (unpaired) electrons. The molecule has 0 saturated heterocycles. The third kappa shape index (κ3) is 8.06. The molecule has 108 valence electrons. The summed E-state index contributed by atoms with van der Waals surface area (Å²) in [7, 11) is 0. The summed E-state index contributed by atoms with van der Waals surface area (Å²) >= 11 is 0. The predicted molar refractivity (Wildman–Crippen MR) is 75.8 cm³/mol. The maximum absolute atomic E-state index is 9.84. The summed E-state index contributed by atoms with van der Waals surface area (Å²) in [4.78, 5) is 0. The number of rotatable bonds is 12. The highest BCUT2D eigenvalue weighted by molar-refractivity contribution is 4.73. The molecule has 2 unspecified atom stereocenters. The molecule has 3 nitrogen and oxygen atoms in total. The minimum absolute atomic E-state index is 0.357. The van der Waals surface area contributed by atoms with Crippen LogP contribution >= 0.6 is 0 Å². The Labute approximate surface area is 112 Å². The molecule has 1 saturated carbocycles. The summed E-state index contributed by atoms with van der Waals surface area (Å²) in [6, 6.07) is 0.563. The topological polar surface area (TPSA) is 41.5 Å². The van der Waals surface area contributed by atoms with Gasteiger partial charge in [0.1, 0.15) is 0 Å². The van der Waals surface area contributed by atoms with Crippen LogP contribution in [-0.2, 0) is 4.74 Å². The number of ether oxygens (including phenoxy) is 1. The average Bonchev–Trinajstić information content (AvgIpc) is 3.17. The Balaban J connectivity index is 2.02. The van der Waals surface area contributed by atoms with Crippen LogP contribution in [0.1, 0.15) is 58.8 Å². The zero-order valence-electron chi connectivity index (χ0n) is 12.2. The van der Waals surface area contributed by atoms with Gasteiger partial charge in [-0.2, -0.15) is 0 Å². The monoisotopic (exact) mass is 257 g/mol. The average molecular weight is 257 g/mol. The van der Waals surface area contributed by atoms with Gasteiger partial charge in [-0.25, -0.2) is 0 Å². The lowest BCUT2D eigenvalue weighted by atomic mass is 10.1. The molecular weight excluding hydrogens is 226 g/mol. The van der Waals surface area contributed by atoms with E-state index >= 15 is 0 Å². The van der Waals surface area contributed by atoms with Crippen LogP contribution in [0.25, 0.3) is 0 Å². The number of hydrogen-bond donors (Lipinski definition) is 2. The standard InChI is InChI=1S/C15H31NO2/c1-3-5-7-14(6-4-2)16-10-15(17)12-18-11-13-8-9-13/h13-17H,3-12H2,1-2H3. The molecule has 2 N–H and O–H groups in total. The molecule has 0 aromatic carbocycles. The van der Waals surface area contributed by atoms with E-state index in [4.69, 9.17) is 4.74 Å². The zero-order chi connectivity index (χ0) is 13.2. The van der Waals surface area contributed by atoms with E-state index in [1.54, 1.807) is 0 Å². The number of aliphatic hydroxyl groups excluding tert-OH is 1. The van der Waals surface area contributed by atoms with Crippen molar-refractivity contribution in [3.63, 3.8) is 0 Å². The van der Waals surface area contributed by atoms with Crippen molar-refractivity contribution in [1.82, 2.24) is 5.32 Å². The van der Waals surface area contributed by atoms with Crippen LogP contribution in [-0.4, -0.2) is 37.0 Å². The van der Waals surface area contributed by atoms with Gasteiger partial charge in [-0.1, -0.05) is 33.1 Å². The van der Waals surface area contributed by atoms with Gasteiger partial charge < -0.3 is 15.2 Å². The second-order valence-corrected chi connectivity index (χ2v) is 5.67. The summed E-state index contributed by atoms with van der Waals surface area (Å²) in [5, 5.41) is 13.3. The lowest BCUT2D eigenvalue weighted by molar-refractivity contribution is 0.0309. The lowest BCUT2D eigenvalue weighted by Gasteiger charge is -2.20. The summed E-state index contributed by atoms with van der Waals surface area (Å²) < 4.78 is 5.50. The van der Waals surface area contributed by atoms with Crippen LogP contribution in [0, 0.1) is 5.92 Å². The predicted octanol–water partition coefficient (Wildman–Crippen LogP) is 2.72. The van der Waals surface area contributed by atoms with E-state index in [1.165, 1.54) is 44.9 Å². The third-order valence-corrected chi connectivity index (χ3v) is 3.55. The van der Waals surface area contributed by atoms with Gasteiger partial charge in [0.25, 0.3) is 0 Å². The Hall–Kier alpha value is -0.120. The van der Waals surface area contributed by atoms with Gasteiger partial charge in [0.15, 0.2) is 0 Å². The van der Waals surface area contributed by atoms with E-state index in [0.29, 0.717) is 19.2 Å². The minimum atomic E-state index is -0.357. The molecule has 3 heteroatoms. The normalized spacial score (nSPS) is 18.8. The first-order chi connectivity index (χ1) is 8.76. The fraction of sp³-hybridized carbons (Fsp3) is 1.00. The van der Waals surface area contributed by atoms with Crippen molar-refractivity contribution >= 4 is 0 Å². The molecule has 0 aromatic rings. The first-order valence-corrected chi connectivity index (χ1v) is 7.75. The van der Waals surface area contributed by atoms with Gasteiger partial charge in [-0.15, -0.1) is 0 Å². The summed E-state index contributed by atoms with van der Waals surface area (Å²) in [6.07, 6.45) is 8.41. The smallest absolute Gasteiger partial charge is 0.0897 e. The first kappa shape index (κ1) is 15.9. The van der Waals surface area contributed by atoms with Crippen LogP contribution in [0.15, 0.2) is 0 Å². The number of unbranched alkanes of at least 4 members (excludes halogenated alkanes) is 1. The SMILES string of the molecule is CCCCC(CCC)NCC(O)COCC1CC1. The minimum Gasteiger partial charge on any atom is -0.389 e. The Bertz CT molecular complexity index is 195. The van der Waals surface area contributed by atoms with Crippen molar-refractivity contribution in [2.24, 2.45) is 5.92 Å². The lowest BCUT2D eigenvalue weighted by Crippen LogP contribution is -2.37. The molecule has 1 rings (SSSR count). The Morgan fingerprint density at radius 1 is 1.22 bits per heavy atom. The molecule has 0 spiro atoms. The van der Waals surface area contributed by atoms with Crippen molar-refractivity contribution in [3.8, 4) is 0 Å². The molecule has 0 aromatic heterocycles. The third-order valence-electron chi connectivity index (χ3n) is 3.55. The number of hydrogen-bond acceptors (Lipinski definition) is 3. The van der Waals surface area contributed by atoms with Gasteiger partial charge >= 0.3 is 0 Å². The van der Waals surface area contributed by atoms with E-state index < -0.39 is 0 Å². The second kappa shape index (κ2) is 9.76. The van der Waals surface area contributed by atoms with Gasteiger partial charge in [-0.3, -0.25) is 0 Å². The van der Waals surface area contributed by atoms with Crippen molar-refractivity contribution in [1.29, 1.82) is 0 Å². The number of nitrogens with one attached hydrogen (secondary N) is 1. The van der Waals surface area contributed by atoms with Gasteiger partial charge in [0.05, 0.1) is 12.7 Å². The molecule has 18 heavy (non-hydrogen) atoms. The van der Waals surface area contributed by atoms with E-state index in [9.17, 15) is 5.11 Å². The van der Waals surface area contributed by atoms with Crippen LogP contribution in [0.4, 0.5) is 0 Å². The maximum atomic E-state index is 9.84. The summed E-state index contributed by atoms with van der Waals surface area (Å²) in [5.74, 6) is 0.780. The van der Waals surface area contributed by atoms with Crippen LogP contribution in [0.2, 0.25) is 0 Å². The van der Waals surface area contributed by atoms with E-state index in [-0.39, 0.29) is 6.10 Å². The first-order valence-electron chi connectivity index (χ1n) is 7.75. The molecule has 0 aliphatic heterocycles. The summed E-state index contributed by atoms with van der Waals surface area (Å²) in [6.45, 7) is 6.43. The molecule has 0 bridgehead atoms. The van der Waals surface area contributed by atoms with Crippen LogP contribution < -0.4 is 5.32 Å². The van der Waals surface area contributed by atoms with Gasteiger partial charge in [0, 0.05) is 19.2 Å². The van der Waals surface area contributed by atoms with Gasteiger partial charge in [-0.05, 0) is 31.6 Å². The fourth-order valence-corrected chi connectivity index (χ4v) is 2.16. The molecular formula is C15H31NO2. The van der Waals surface area contributed by atoms with Crippen LogP contribution in [0.5, 0.6) is 0 Å². The molecule has 1 aliphatic rings. The van der Waals surface area contributed by atoms with E-state index in [0.717, 1.165) is 12.5 Å². The summed E-state index contributed by atoms with van der Waals surface area (Å²) in [5.41, 5.74) is 0. The molecule has 0 amide bonds. The molecule has 0 heterocycles. The zero-order valence-corrected chi connectivity index (χ0v) is 12.2. The Morgan fingerprint density at radius 2 is 2.00 bits per heavy atom. The van der Waals surface area contributed by atoms with Crippen LogP contribution in [0.3, 0.4) is 0 Å². The fourth-order valence-electron chi connectivity index (χ4n) is 2.16. The Morgan fingerprint density at radius 3 is 2.61 bits per heavy atom. The quantitative estimate of drug-likeness (QED) is 0.565. The second-order valence-electron chi connectivity index (χ2n) is 5.67. The van der Waals surface area contributed by atoms with Crippen molar-refractivity contribution in [2.45, 2.75) is 70.9 Å². The molecule has 1 fully saturated rings. The van der Waals surface area contributed by atoms with Gasteiger partial charge in [0.2, 0.25) is 0 Å². The Kier molecular flexibility index (Phi) is 8.64. The highest BCUT2D eigenvalue weighted by atomic mass is 16.5. The van der Waals surface area contributed by atoms with Crippen molar-refractivity contribution in [2.75, 3.05) is 19.8 Å². The highest BCUT2D eigenvalue weighted by Crippen LogP contribution is 2.28. The molecule has 2 atom stereocenters. The largest absolute Gasteiger partial charge is 0.389 e.